The largest absolute Gasteiger partial charge is 2.00 e. The Hall–Kier alpha value is -0.821. The molecule has 0 atom stereocenters. The average Bonchev–Trinajstić information content (AvgIpc) is 2.79. The molecular weight excluding hydrogens is 214 g/mol. The van der Waals surface area contributed by atoms with Gasteiger partial charge in [-0.3, -0.25) is 0 Å². The van der Waals surface area contributed by atoms with Crippen molar-refractivity contribution in [1.82, 2.24) is 5.32 Å². The van der Waals surface area contributed by atoms with Crippen molar-refractivity contribution in [2.75, 3.05) is 7.05 Å². The van der Waals surface area contributed by atoms with Crippen LogP contribution in [0.2, 0.25) is 0 Å². The molecule has 0 unspecified atom stereocenters. The van der Waals surface area contributed by atoms with E-state index in [1.807, 2.05) is 49.5 Å². The summed E-state index contributed by atoms with van der Waals surface area (Å²) in [5.74, 6) is 0. The van der Waals surface area contributed by atoms with Crippen LogP contribution in [0.15, 0.2) is 54.6 Å². The van der Waals surface area contributed by atoms with Crippen LogP contribution in [-0.2, 0) is 23.6 Å². The summed E-state index contributed by atoms with van der Waals surface area (Å²) >= 11 is 0. The molecule has 1 nitrogen and oxygen atoms in total. The van der Waals surface area contributed by atoms with Gasteiger partial charge in [0.15, 0.2) is 0 Å². The number of nitrogens with one attached hydrogen (secondary N) is 1. The second kappa shape index (κ2) is 8.76. The third kappa shape index (κ3) is 5.76. The zero-order valence-corrected chi connectivity index (χ0v) is 9.36. The van der Waals surface area contributed by atoms with Gasteiger partial charge >= 0.3 is 17.1 Å². The summed E-state index contributed by atoms with van der Waals surface area (Å²) in [6, 6.07) is 18.3. The zero-order valence-electron chi connectivity index (χ0n) is 8.26. The minimum absolute atomic E-state index is 0. The van der Waals surface area contributed by atoms with E-state index in [1.165, 1.54) is 5.56 Å². The van der Waals surface area contributed by atoms with Crippen molar-refractivity contribution in [3.8, 4) is 0 Å². The maximum absolute atomic E-state index is 3.07. The van der Waals surface area contributed by atoms with E-state index in [2.05, 4.69) is 17.4 Å². The maximum Gasteiger partial charge on any atom is 2.00 e. The summed E-state index contributed by atoms with van der Waals surface area (Å²) in [4.78, 5) is 0. The van der Waals surface area contributed by atoms with Crippen molar-refractivity contribution in [2.24, 2.45) is 0 Å². The van der Waals surface area contributed by atoms with E-state index in [4.69, 9.17) is 0 Å². The van der Waals surface area contributed by atoms with Crippen molar-refractivity contribution in [1.29, 1.82) is 0 Å². The summed E-state index contributed by atoms with van der Waals surface area (Å²) in [5.41, 5.74) is 1.35. The summed E-state index contributed by atoms with van der Waals surface area (Å²) in [5, 5.41) is 3.07. The molecule has 0 fully saturated rings. The SMILES string of the molecule is CNC[c-]1cccc1.[Fe+2].c1cc[cH-]c1. The molecule has 0 saturated heterocycles. The quantitative estimate of drug-likeness (QED) is 0.616. The zero-order chi connectivity index (χ0) is 9.36. The first-order chi connectivity index (χ1) is 6.43. The fourth-order valence-electron chi connectivity index (χ4n) is 1.06. The van der Waals surface area contributed by atoms with Crippen LogP contribution in [0.25, 0.3) is 0 Å². The van der Waals surface area contributed by atoms with Crippen LogP contribution >= 0.6 is 0 Å². The predicted octanol–water partition coefficient (Wildman–Crippen LogP) is 2.53. The summed E-state index contributed by atoms with van der Waals surface area (Å²) in [6.07, 6.45) is 0. The first-order valence-electron chi connectivity index (χ1n) is 4.45. The Kier molecular flexibility index (Phi) is 8.25. The topological polar surface area (TPSA) is 12.0 Å². The van der Waals surface area contributed by atoms with Crippen molar-refractivity contribution in [3.05, 3.63) is 60.2 Å². The summed E-state index contributed by atoms with van der Waals surface area (Å²) in [7, 11) is 1.95. The molecule has 14 heavy (non-hydrogen) atoms. The van der Waals surface area contributed by atoms with Gasteiger partial charge < -0.3 is 5.32 Å². The van der Waals surface area contributed by atoms with E-state index >= 15 is 0 Å². The Morgan fingerprint density at radius 2 is 1.64 bits per heavy atom. The van der Waals surface area contributed by atoms with Gasteiger partial charge in [0.2, 0.25) is 0 Å². The summed E-state index contributed by atoms with van der Waals surface area (Å²) < 4.78 is 0. The minimum atomic E-state index is 0. The number of hydrogen-bond donors (Lipinski definition) is 1. The molecule has 0 bridgehead atoms. The van der Waals surface area contributed by atoms with Crippen molar-refractivity contribution >= 4 is 0 Å². The third-order valence-corrected chi connectivity index (χ3v) is 1.67. The van der Waals surface area contributed by atoms with Crippen LogP contribution in [0.1, 0.15) is 5.56 Å². The molecule has 76 valence electrons. The van der Waals surface area contributed by atoms with Gasteiger partial charge in [-0.2, -0.15) is 30.3 Å². The summed E-state index contributed by atoms with van der Waals surface area (Å²) in [6.45, 7) is 0.979. The van der Waals surface area contributed by atoms with Crippen LogP contribution in [0.5, 0.6) is 0 Å². The first kappa shape index (κ1) is 13.2. The van der Waals surface area contributed by atoms with E-state index in [9.17, 15) is 0 Å². The molecule has 0 spiro atoms. The van der Waals surface area contributed by atoms with Crippen molar-refractivity contribution in [2.45, 2.75) is 6.54 Å². The molecule has 0 aliphatic carbocycles. The average molecular weight is 229 g/mol. The van der Waals surface area contributed by atoms with Crippen LogP contribution < -0.4 is 5.32 Å². The van der Waals surface area contributed by atoms with E-state index in [-0.39, 0.29) is 17.1 Å². The van der Waals surface area contributed by atoms with E-state index in [0.29, 0.717) is 0 Å². The predicted molar refractivity (Wildman–Crippen MR) is 56.8 cm³/mol. The van der Waals surface area contributed by atoms with Crippen LogP contribution in [0.4, 0.5) is 0 Å². The van der Waals surface area contributed by atoms with Gasteiger partial charge in [0, 0.05) is 0 Å². The Morgan fingerprint density at radius 3 is 2.00 bits per heavy atom. The molecule has 0 aliphatic rings. The molecule has 0 radical (unpaired) electrons. The molecule has 0 amide bonds. The smallest absolute Gasteiger partial charge is 0.327 e. The minimum Gasteiger partial charge on any atom is -0.327 e. The van der Waals surface area contributed by atoms with Crippen LogP contribution in [-0.4, -0.2) is 7.05 Å². The number of rotatable bonds is 2. The van der Waals surface area contributed by atoms with Crippen LogP contribution in [0, 0.1) is 0 Å². The van der Waals surface area contributed by atoms with E-state index < -0.39 is 0 Å². The molecule has 0 heterocycles. The third-order valence-electron chi connectivity index (χ3n) is 1.67. The molecule has 2 heteroatoms. The molecule has 2 aromatic rings. The van der Waals surface area contributed by atoms with Gasteiger partial charge in [0.25, 0.3) is 0 Å². The standard InChI is InChI=1S/C7H10N.C5H5.Fe/c1-8-6-7-4-2-3-5-7;1-2-4-5-3-1;/h2-5,8H,6H2,1H3;1-5H;/q2*-1;+2. The molecule has 2 aromatic carbocycles. The monoisotopic (exact) mass is 229 g/mol. The Bertz CT molecular complexity index is 254. The van der Waals surface area contributed by atoms with Gasteiger partial charge in [0.05, 0.1) is 0 Å². The fraction of sp³-hybridized carbons (Fsp3) is 0.167. The van der Waals surface area contributed by atoms with Crippen molar-refractivity contribution in [3.63, 3.8) is 0 Å². The van der Waals surface area contributed by atoms with Crippen molar-refractivity contribution < 1.29 is 17.1 Å². The Morgan fingerprint density at radius 1 is 1.07 bits per heavy atom. The Balaban J connectivity index is 0.000000246. The van der Waals surface area contributed by atoms with Gasteiger partial charge in [0.1, 0.15) is 0 Å². The number of hydrogen-bond acceptors (Lipinski definition) is 1. The van der Waals surface area contributed by atoms with Crippen LogP contribution in [0.3, 0.4) is 0 Å². The van der Waals surface area contributed by atoms with E-state index in [0.717, 1.165) is 6.54 Å². The van der Waals surface area contributed by atoms with Gasteiger partial charge in [-0.15, -0.1) is 5.56 Å². The second-order valence-corrected chi connectivity index (χ2v) is 2.79. The van der Waals surface area contributed by atoms with Gasteiger partial charge in [-0.25, -0.2) is 24.3 Å². The molecular formula is C12H15FeN. The fourth-order valence-corrected chi connectivity index (χ4v) is 1.06. The first-order valence-corrected chi connectivity index (χ1v) is 4.45. The molecule has 0 saturated carbocycles. The molecule has 0 aliphatic heterocycles. The van der Waals surface area contributed by atoms with Gasteiger partial charge in [-0.05, 0) is 13.6 Å². The molecule has 2 rings (SSSR count). The Labute approximate surface area is 96.3 Å². The molecule has 1 N–H and O–H groups in total. The molecule has 0 aromatic heterocycles. The second-order valence-electron chi connectivity index (χ2n) is 2.79. The van der Waals surface area contributed by atoms with E-state index in [1.54, 1.807) is 0 Å². The normalized spacial score (nSPS) is 8.36. The maximum atomic E-state index is 3.07. The van der Waals surface area contributed by atoms with Gasteiger partial charge in [-0.1, -0.05) is 0 Å².